The molecule has 1 aromatic carbocycles. The Labute approximate surface area is 118 Å². The van der Waals surface area contributed by atoms with Gasteiger partial charge in [0.15, 0.2) is 0 Å². The van der Waals surface area contributed by atoms with Crippen molar-refractivity contribution in [1.29, 1.82) is 0 Å². The van der Waals surface area contributed by atoms with Gasteiger partial charge in [0.2, 0.25) is 0 Å². The number of benzene rings is 1. The number of hydrogen-bond donors (Lipinski definition) is 2. The van der Waals surface area contributed by atoms with E-state index in [1.807, 2.05) is 0 Å². The van der Waals surface area contributed by atoms with Crippen LogP contribution in [0.3, 0.4) is 0 Å². The molecule has 1 amide bonds. The molecule has 6 heteroatoms. The van der Waals surface area contributed by atoms with Gasteiger partial charge < -0.3 is 20.5 Å². The topological polar surface area (TPSA) is 90.6 Å². The summed E-state index contributed by atoms with van der Waals surface area (Å²) in [7, 11) is 1.28. The van der Waals surface area contributed by atoms with Crippen molar-refractivity contribution in [3.8, 4) is 0 Å². The maximum atomic E-state index is 11.7. The Morgan fingerprint density at radius 2 is 1.95 bits per heavy atom. The Kier molecular flexibility index (Phi) is 4.96. The lowest BCUT2D eigenvalue weighted by molar-refractivity contribution is 0.0518. The van der Waals surface area contributed by atoms with Gasteiger partial charge >= 0.3 is 12.1 Å². The second kappa shape index (κ2) is 6.27. The van der Waals surface area contributed by atoms with Crippen molar-refractivity contribution < 1.29 is 19.1 Å². The molecule has 0 radical (unpaired) electrons. The number of nitrogens with one attached hydrogen (secondary N) is 1. The van der Waals surface area contributed by atoms with Crippen molar-refractivity contribution in [2.75, 3.05) is 12.8 Å². The third kappa shape index (κ3) is 4.46. The lowest BCUT2D eigenvalue weighted by Crippen LogP contribution is -2.32. The molecule has 20 heavy (non-hydrogen) atoms. The first kappa shape index (κ1) is 15.8. The minimum atomic E-state index is -0.578. The second-order valence-electron chi connectivity index (χ2n) is 5.23. The van der Waals surface area contributed by atoms with Crippen LogP contribution >= 0.6 is 0 Å². The van der Waals surface area contributed by atoms with Crippen molar-refractivity contribution in [2.24, 2.45) is 0 Å². The quantitative estimate of drug-likeness (QED) is 0.653. The van der Waals surface area contributed by atoms with Crippen LogP contribution in [-0.4, -0.2) is 24.8 Å². The summed E-state index contributed by atoms with van der Waals surface area (Å²) in [6.45, 7) is 5.44. The number of hydrogen-bond acceptors (Lipinski definition) is 5. The highest BCUT2D eigenvalue weighted by Gasteiger charge is 2.18. The highest BCUT2D eigenvalue weighted by molar-refractivity contribution is 5.96. The van der Waals surface area contributed by atoms with E-state index in [0.717, 1.165) is 0 Å². The SMILES string of the molecule is COC(=O)c1c(N)cccc1CNC(=O)OC(C)(C)C. The van der Waals surface area contributed by atoms with Gasteiger partial charge in [-0.05, 0) is 32.4 Å². The molecular weight excluding hydrogens is 260 g/mol. The number of ether oxygens (including phenoxy) is 2. The Balaban J connectivity index is 2.81. The number of methoxy groups -OCH3 is 1. The van der Waals surface area contributed by atoms with Crippen molar-refractivity contribution in [1.82, 2.24) is 5.32 Å². The molecule has 3 N–H and O–H groups in total. The molecule has 0 aliphatic carbocycles. The molecule has 0 bridgehead atoms. The maximum Gasteiger partial charge on any atom is 0.407 e. The van der Waals surface area contributed by atoms with E-state index in [0.29, 0.717) is 11.3 Å². The first-order valence-corrected chi connectivity index (χ1v) is 6.17. The molecule has 0 heterocycles. The summed E-state index contributed by atoms with van der Waals surface area (Å²) >= 11 is 0. The molecule has 1 aromatic rings. The zero-order valence-corrected chi connectivity index (χ0v) is 12.1. The molecular formula is C14H20N2O4. The first-order valence-electron chi connectivity index (χ1n) is 6.17. The van der Waals surface area contributed by atoms with Crippen LogP contribution in [-0.2, 0) is 16.0 Å². The van der Waals surface area contributed by atoms with E-state index in [9.17, 15) is 9.59 Å². The Hall–Kier alpha value is -2.24. The molecule has 0 saturated carbocycles. The van der Waals surface area contributed by atoms with Crippen LogP contribution in [0.15, 0.2) is 18.2 Å². The maximum absolute atomic E-state index is 11.7. The second-order valence-corrected chi connectivity index (χ2v) is 5.23. The van der Waals surface area contributed by atoms with Crippen molar-refractivity contribution in [3.63, 3.8) is 0 Å². The molecule has 0 saturated heterocycles. The standard InChI is InChI=1S/C14H20N2O4/c1-14(2,3)20-13(18)16-8-9-6-5-7-10(15)11(9)12(17)19-4/h5-7H,8,15H2,1-4H3,(H,16,18). The number of rotatable bonds is 3. The van der Waals surface area contributed by atoms with E-state index in [2.05, 4.69) is 10.1 Å². The largest absolute Gasteiger partial charge is 0.465 e. The fourth-order valence-corrected chi connectivity index (χ4v) is 1.60. The van der Waals surface area contributed by atoms with Gasteiger partial charge in [-0.1, -0.05) is 12.1 Å². The summed E-state index contributed by atoms with van der Waals surface area (Å²) in [5.41, 5.74) is 6.32. The van der Waals surface area contributed by atoms with E-state index in [4.69, 9.17) is 10.5 Å². The smallest absolute Gasteiger partial charge is 0.407 e. The van der Waals surface area contributed by atoms with Crippen LogP contribution in [0.4, 0.5) is 10.5 Å². The average Bonchev–Trinajstić information content (AvgIpc) is 2.33. The van der Waals surface area contributed by atoms with Gasteiger partial charge in [0.25, 0.3) is 0 Å². The lowest BCUT2D eigenvalue weighted by Gasteiger charge is -2.20. The molecule has 6 nitrogen and oxygen atoms in total. The molecule has 110 valence electrons. The molecule has 1 rings (SSSR count). The highest BCUT2D eigenvalue weighted by Crippen LogP contribution is 2.18. The molecule has 0 aliphatic heterocycles. The monoisotopic (exact) mass is 280 g/mol. The summed E-state index contributed by atoms with van der Waals surface area (Å²) < 4.78 is 9.80. The van der Waals surface area contributed by atoms with E-state index in [-0.39, 0.29) is 12.1 Å². The minimum absolute atomic E-state index is 0.129. The number of esters is 1. The average molecular weight is 280 g/mol. The van der Waals surface area contributed by atoms with Crippen LogP contribution in [0.25, 0.3) is 0 Å². The number of amides is 1. The van der Waals surface area contributed by atoms with Crippen LogP contribution in [0.5, 0.6) is 0 Å². The van der Waals surface area contributed by atoms with E-state index >= 15 is 0 Å². The molecule has 0 atom stereocenters. The Bertz CT molecular complexity index is 506. The molecule has 0 aromatic heterocycles. The lowest BCUT2D eigenvalue weighted by atomic mass is 10.1. The molecule has 0 spiro atoms. The van der Waals surface area contributed by atoms with Gasteiger partial charge in [0, 0.05) is 12.2 Å². The number of carbonyl (C=O) groups is 2. The molecule has 0 aliphatic rings. The van der Waals surface area contributed by atoms with Gasteiger partial charge in [-0.15, -0.1) is 0 Å². The number of carbonyl (C=O) groups excluding carboxylic acids is 2. The van der Waals surface area contributed by atoms with Crippen LogP contribution in [0.2, 0.25) is 0 Å². The van der Waals surface area contributed by atoms with Crippen LogP contribution in [0.1, 0.15) is 36.7 Å². The highest BCUT2D eigenvalue weighted by atomic mass is 16.6. The summed E-state index contributed by atoms with van der Waals surface area (Å²) in [5, 5.41) is 2.58. The van der Waals surface area contributed by atoms with E-state index in [1.165, 1.54) is 7.11 Å². The molecule has 0 fully saturated rings. The van der Waals surface area contributed by atoms with Crippen LogP contribution < -0.4 is 11.1 Å². The number of nitrogen functional groups attached to an aromatic ring is 1. The summed E-state index contributed by atoms with van der Waals surface area (Å²) in [5.74, 6) is -0.538. The van der Waals surface area contributed by atoms with E-state index in [1.54, 1.807) is 39.0 Å². The van der Waals surface area contributed by atoms with E-state index < -0.39 is 17.7 Å². The van der Waals surface area contributed by atoms with Gasteiger partial charge in [-0.25, -0.2) is 9.59 Å². The number of nitrogens with two attached hydrogens (primary N) is 1. The number of alkyl carbamates (subject to hydrolysis) is 1. The number of anilines is 1. The summed E-state index contributed by atoms with van der Waals surface area (Å²) in [4.78, 5) is 23.3. The zero-order valence-electron chi connectivity index (χ0n) is 12.1. The van der Waals surface area contributed by atoms with Gasteiger partial charge in [-0.2, -0.15) is 0 Å². The fourth-order valence-electron chi connectivity index (χ4n) is 1.60. The predicted octanol–water partition coefficient (Wildman–Crippen LogP) is 2.08. The predicted molar refractivity (Wildman–Crippen MR) is 75.3 cm³/mol. The molecule has 0 unspecified atom stereocenters. The first-order chi connectivity index (χ1) is 9.24. The summed E-state index contributed by atoms with van der Waals surface area (Å²) in [6, 6.07) is 5.00. The Morgan fingerprint density at radius 1 is 1.30 bits per heavy atom. The van der Waals surface area contributed by atoms with Crippen molar-refractivity contribution >= 4 is 17.7 Å². The fraction of sp³-hybridized carbons (Fsp3) is 0.429. The third-order valence-corrected chi connectivity index (χ3v) is 2.39. The zero-order chi connectivity index (χ0) is 15.3. The Morgan fingerprint density at radius 3 is 2.50 bits per heavy atom. The van der Waals surface area contributed by atoms with Gasteiger partial charge in [0.1, 0.15) is 5.60 Å². The summed E-state index contributed by atoms with van der Waals surface area (Å²) in [6.07, 6.45) is -0.559. The van der Waals surface area contributed by atoms with Crippen LogP contribution in [0, 0.1) is 0 Å². The van der Waals surface area contributed by atoms with Crippen molar-refractivity contribution in [3.05, 3.63) is 29.3 Å². The minimum Gasteiger partial charge on any atom is -0.465 e. The van der Waals surface area contributed by atoms with Crippen molar-refractivity contribution in [2.45, 2.75) is 32.9 Å². The normalized spacial score (nSPS) is 10.8. The van der Waals surface area contributed by atoms with Gasteiger partial charge in [-0.3, -0.25) is 0 Å². The van der Waals surface area contributed by atoms with Gasteiger partial charge in [0.05, 0.1) is 12.7 Å². The third-order valence-electron chi connectivity index (χ3n) is 2.39.